The standard InChI is InChI=1S/C15H20N2O2S/c1-11(2)17(9-10-18)15(19)8-7-14-16-12-5-3-4-6-13(12)20-14/h3-6,11,18H,7-10H2,1-2H3. The number of amides is 1. The van der Waals surface area contributed by atoms with E-state index in [0.29, 0.717) is 19.4 Å². The lowest BCUT2D eigenvalue weighted by atomic mass is 10.2. The van der Waals surface area contributed by atoms with Crippen LogP contribution in [0.1, 0.15) is 25.3 Å². The number of aliphatic hydroxyl groups is 1. The minimum Gasteiger partial charge on any atom is -0.395 e. The van der Waals surface area contributed by atoms with Gasteiger partial charge in [0.25, 0.3) is 0 Å². The van der Waals surface area contributed by atoms with Crippen LogP contribution in [0.15, 0.2) is 24.3 Å². The number of carbonyl (C=O) groups is 1. The summed E-state index contributed by atoms with van der Waals surface area (Å²) >= 11 is 1.64. The van der Waals surface area contributed by atoms with Crippen molar-refractivity contribution in [3.05, 3.63) is 29.3 Å². The maximum Gasteiger partial charge on any atom is 0.223 e. The third-order valence-electron chi connectivity index (χ3n) is 3.18. The lowest BCUT2D eigenvalue weighted by Gasteiger charge is -2.25. The number of rotatable bonds is 6. The SMILES string of the molecule is CC(C)N(CCO)C(=O)CCc1nc2ccccc2s1. The summed E-state index contributed by atoms with van der Waals surface area (Å²) in [6.45, 7) is 4.33. The molecule has 108 valence electrons. The maximum atomic E-state index is 12.2. The third-order valence-corrected chi connectivity index (χ3v) is 4.27. The summed E-state index contributed by atoms with van der Waals surface area (Å²) in [5.41, 5.74) is 0.996. The lowest BCUT2D eigenvalue weighted by Crippen LogP contribution is -2.39. The highest BCUT2D eigenvalue weighted by molar-refractivity contribution is 7.18. The summed E-state index contributed by atoms with van der Waals surface area (Å²) < 4.78 is 1.16. The highest BCUT2D eigenvalue weighted by Gasteiger charge is 2.16. The first-order chi connectivity index (χ1) is 9.61. The van der Waals surface area contributed by atoms with E-state index < -0.39 is 0 Å². The first-order valence-corrected chi connectivity index (χ1v) is 7.68. The zero-order valence-corrected chi connectivity index (χ0v) is 12.7. The zero-order valence-electron chi connectivity index (χ0n) is 11.9. The first kappa shape index (κ1) is 14.9. The van der Waals surface area contributed by atoms with Gasteiger partial charge in [0, 0.05) is 25.4 Å². The molecule has 0 bridgehead atoms. The van der Waals surface area contributed by atoms with Gasteiger partial charge in [-0.2, -0.15) is 0 Å². The van der Waals surface area contributed by atoms with Gasteiger partial charge in [0.2, 0.25) is 5.91 Å². The number of aliphatic hydroxyl groups excluding tert-OH is 1. The minimum atomic E-state index is 0.00502. The van der Waals surface area contributed by atoms with Crippen LogP contribution in [-0.2, 0) is 11.2 Å². The molecule has 2 aromatic rings. The second kappa shape index (κ2) is 6.81. The van der Waals surface area contributed by atoms with Crippen molar-refractivity contribution in [3.8, 4) is 0 Å². The van der Waals surface area contributed by atoms with Gasteiger partial charge in [0.1, 0.15) is 0 Å². The average Bonchev–Trinajstić information content (AvgIpc) is 2.84. The van der Waals surface area contributed by atoms with Crippen molar-refractivity contribution in [3.63, 3.8) is 0 Å². The van der Waals surface area contributed by atoms with Crippen LogP contribution in [0.2, 0.25) is 0 Å². The molecule has 0 aliphatic heterocycles. The molecule has 1 aromatic heterocycles. The van der Waals surface area contributed by atoms with Gasteiger partial charge < -0.3 is 10.0 Å². The summed E-state index contributed by atoms with van der Waals surface area (Å²) in [5.74, 6) is 0.0771. The Labute approximate surface area is 123 Å². The largest absolute Gasteiger partial charge is 0.395 e. The molecule has 1 aromatic carbocycles. The molecule has 0 saturated carbocycles. The lowest BCUT2D eigenvalue weighted by molar-refractivity contribution is -0.133. The van der Waals surface area contributed by atoms with Crippen molar-refractivity contribution in [2.75, 3.05) is 13.2 Å². The fourth-order valence-electron chi connectivity index (χ4n) is 2.16. The topological polar surface area (TPSA) is 53.4 Å². The van der Waals surface area contributed by atoms with E-state index in [0.717, 1.165) is 15.2 Å². The molecule has 5 heteroatoms. The van der Waals surface area contributed by atoms with Crippen molar-refractivity contribution < 1.29 is 9.90 Å². The average molecular weight is 292 g/mol. The predicted molar refractivity (Wildman–Crippen MR) is 81.9 cm³/mol. The summed E-state index contributed by atoms with van der Waals surface area (Å²) in [6.07, 6.45) is 1.10. The van der Waals surface area contributed by atoms with Gasteiger partial charge in [0.05, 0.1) is 21.8 Å². The Morgan fingerprint density at radius 2 is 2.15 bits per heavy atom. The van der Waals surface area contributed by atoms with Crippen LogP contribution in [0.3, 0.4) is 0 Å². The van der Waals surface area contributed by atoms with Crippen LogP contribution in [0.4, 0.5) is 0 Å². The Hall–Kier alpha value is -1.46. The summed E-state index contributed by atoms with van der Waals surface area (Å²) in [6, 6.07) is 8.12. The highest BCUT2D eigenvalue weighted by Crippen LogP contribution is 2.22. The summed E-state index contributed by atoms with van der Waals surface area (Å²) in [5, 5.41) is 10.0. The number of fused-ring (bicyclic) bond motifs is 1. The second-order valence-corrected chi connectivity index (χ2v) is 6.10. The van der Waals surface area contributed by atoms with E-state index in [1.165, 1.54) is 0 Å². The van der Waals surface area contributed by atoms with Gasteiger partial charge in [-0.3, -0.25) is 4.79 Å². The smallest absolute Gasteiger partial charge is 0.223 e. The van der Waals surface area contributed by atoms with Crippen molar-refractivity contribution in [1.82, 2.24) is 9.88 Å². The number of hydrogen-bond acceptors (Lipinski definition) is 4. The number of thiazole rings is 1. The Morgan fingerprint density at radius 1 is 1.40 bits per heavy atom. The maximum absolute atomic E-state index is 12.2. The molecular weight excluding hydrogens is 272 g/mol. The monoisotopic (exact) mass is 292 g/mol. The van der Waals surface area contributed by atoms with Gasteiger partial charge in [-0.25, -0.2) is 4.98 Å². The molecule has 0 saturated heterocycles. The van der Waals surface area contributed by atoms with E-state index in [1.807, 2.05) is 38.1 Å². The number of hydrogen-bond donors (Lipinski definition) is 1. The van der Waals surface area contributed by atoms with E-state index >= 15 is 0 Å². The molecule has 0 atom stereocenters. The summed E-state index contributed by atoms with van der Waals surface area (Å²) in [7, 11) is 0. The van der Waals surface area contributed by atoms with Crippen LogP contribution in [0.25, 0.3) is 10.2 Å². The Bertz CT molecular complexity index is 547. The number of aryl methyl sites for hydroxylation is 1. The number of nitrogens with zero attached hydrogens (tertiary/aromatic N) is 2. The van der Waals surface area contributed by atoms with Crippen molar-refractivity contribution in [1.29, 1.82) is 0 Å². The molecule has 1 amide bonds. The highest BCUT2D eigenvalue weighted by atomic mass is 32.1. The Morgan fingerprint density at radius 3 is 2.80 bits per heavy atom. The Kier molecular flexibility index (Phi) is 5.09. The molecule has 0 fully saturated rings. The fraction of sp³-hybridized carbons (Fsp3) is 0.467. The molecule has 1 N–H and O–H groups in total. The number of aromatic nitrogens is 1. The molecular formula is C15H20N2O2S. The molecule has 20 heavy (non-hydrogen) atoms. The van der Waals surface area contributed by atoms with E-state index in [4.69, 9.17) is 5.11 Å². The van der Waals surface area contributed by atoms with Gasteiger partial charge in [-0.15, -0.1) is 11.3 Å². The van der Waals surface area contributed by atoms with Gasteiger partial charge in [0.15, 0.2) is 0 Å². The van der Waals surface area contributed by atoms with Crippen molar-refractivity contribution >= 4 is 27.5 Å². The van der Waals surface area contributed by atoms with Gasteiger partial charge in [-0.05, 0) is 26.0 Å². The molecule has 0 radical (unpaired) electrons. The normalized spacial score (nSPS) is 11.2. The molecule has 0 spiro atoms. The first-order valence-electron chi connectivity index (χ1n) is 6.86. The second-order valence-electron chi connectivity index (χ2n) is 4.98. The molecule has 1 heterocycles. The summed E-state index contributed by atoms with van der Waals surface area (Å²) in [4.78, 5) is 18.4. The predicted octanol–water partition coefficient (Wildman–Crippen LogP) is 2.46. The minimum absolute atomic E-state index is 0.00502. The Balaban J connectivity index is 1.98. The van der Waals surface area contributed by atoms with E-state index in [-0.39, 0.29) is 18.6 Å². The van der Waals surface area contributed by atoms with E-state index in [2.05, 4.69) is 4.98 Å². The van der Waals surface area contributed by atoms with E-state index in [1.54, 1.807) is 16.2 Å². The van der Waals surface area contributed by atoms with Crippen LogP contribution in [-0.4, -0.2) is 40.1 Å². The molecule has 0 unspecified atom stereocenters. The van der Waals surface area contributed by atoms with Crippen molar-refractivity contribution in [2.45, 2.75) is 32.7 Å². The molecule has 0 aliphatic carbocycles. The number of benzene rings is 1. The van der Waals surface area contributed by atoms with Crippen LogP contribution >= 0.6 is 11.3 Å². The third kappa shape index (κ3) is 3.55. The molecule has 4 nitrogen and oxygen atoms in total. The van der Waals surface area contributed by atoms with Gasteiger partial charge >= 0.3 is 0 Å². The van der Waals surface area contributed by atoms with Gasteiger partial charge in [-0.1, -0.05) is 12.1 Å². The van der Waals surface area contributed by atoms with Crippen molar-refractivity contribution in [2.24, 2.45) is 0 Å². The van der Waals surface area contributed by atoms with Crippen LogP contribution < -0.4 is 0 Å². The van der Waals surface area contributed by atoms with E-state index in [9.17, 15) is 4.79 Å². The number of para-hydroxylation sites is 1. The number of carbonyl (C=O) groups excluding carboxylic acids is 1. The molecule has 2 rings (SSSR count). The van der Waals surface area contributed by atoms with Crippen LogP contribution in [0, 0.1) is 0 Å². The quantitative estimate of drug-likeness (QED) is 0.890. The van der Waals surface area contributed by atoms with Crippen LogP contribution in [0.5, 0.6) is 0 Å². The fourth-order valence-corrected chi connectivity index (χ4v) is 3.13. The zero-order chi connectivity index (χ0) is 14.5. The molecule has 0 aliphatic rings.